The smallest absolute Gasteiger partial charge is 0.0648 e. The maximum atomic E-state index is 10.1. The summed E-state index contributed by atoms with van der Waals surface area (Å²) in [6.45, 7) is -2.34. The molecular weight excluding hydrogens is 641 g/mol. The second-order valence-corrected chi connectivity index (χ2v) is 12.4. The molecule has 53 heavy (non-hydrogen) atoms. The molecule has 1 unspecified atom stereocenters. The molecule has 0 spiro atoms. The SMILES string of the molecule is [2H]c1c([2H])c([2H])c(-c2c([2H])c([2H])c([2H])c([2H])c2N(c2c([2H])c([2H])c(-c3cc4c5ccccc5n(-c5ccccc5)c4c([2H])c3[2H])c([2H])c2[2H])c2c([2H])c([2H])c3c(c2[2H])C(C)(C([2H])([2H])[2H])c2c([2H])c([2H])c([2H])c([2H])c2-3)c([2H])c1[2H]. The van der Waals surface area contributed by atoms with E-state index in [1.165, 1.54) is 6.07 Å². The summed E-state index contributed by atoms with van der Waals surface area (Å²) in [5.41, 5.74) is -9.51. The van der Waals surface area contributed by atoms with Gasteiger partial charge >= 0.3 is 0 Å². The summed E-state index contributed by atoms with van der Waals surface area (Å²) in [4.78, 5) is 0.452. The molecule has 252 valence electrons. The molecule has 0 aliphatic heterocycles. The van der Waals surface area contributed by atoms with Gasteiger partial charge < -0.3 is 9.47 Å². The van der Waals surface area contributed by atoms with Gasteiger partial charge in [-0.3, -0.25) is 0 Å². The van der Waals surface area contributed by atoms with Crippen LogP contribution in [0.25, 0.3) is 60.9 Å². The first kappa shape index (κ1) is 14.8. The molecule has 0 N–H and O–H groups in total. The molecule has 10 rings (SSSR count). The normalized spacial score (nSPS) is 21.6. The Balaban J connectivity index is 1.39. The Morgan fingerprint density at radius 3 is 2.04 bits per heavy atom. The number of para-hydroxylation sites is 3. The zero-order valence-corrected chi connectivity index (χ0v) is 27.7. The fraction of sp³-hybridized carbons (Fsp3) is 0.0588. The lowest BCUT2D eigenvalue weighted by atomic mass is 9.82. The molecule has 0 amide bonds. The highest BCUT2D eigenvalue weighted by Crippen LogP contribution is 2.51. The summed E-state index contributed by atoms with van der Waals surface area (Å²) in [7, 11) is 0. The Morgan fingerprint density at radius 1 is 0.528 bits per heavy atom. The first-order chi connectivity index (χ1) is 36.5. The van der Waals surface area contributed by atoms with Crippen molar-refractivity contribution in [2.45, 2.75) is 19.2 Å². The van der Waals surface area contributed by atoms with Gasteiger partial charge in [0.1, 0.15) is 0 Å². The largest absolute Gasteiger partial charge is 0.310 e. The second kappa shape index (κ2) is 12.3. The highest BCUT2D eigenvalue weighted by Gasteiger charge is 2.35. The summed E-state index contributed by atoms with van der Waals surface area (Å²) in [5, 5.41) is 0.950. The minimum absolute atomic E-state index is 0.264. The van der Waals surface area contributed by atoms with E-state index in [9.17, 15) is 15.1 Å². The predicted octanol–water partition coefficient (Wildman–Crippen LogP) is 13.9. The standard InChI is InChI=1S/C51H38N2/c1-51(2)46-22-12-9-20-42(46)43-31-30-40(34-47(43)51)52(48-23-13-10-19-41(48)36-15-5-3-6-16-36)39-28-25-35(26-29-39)37-27-32-50-45(33-37)44-21-11-14-24-49(44)53(50)38-17-7-4-8-18-38/h3-34H,1-2H3/i1D3,3D,5D,6D,9D,10D,12D,13D,15D,16D,19D,20D,22D,23D,25D,26D,27D,28D,29D,30D,31D,32D,34D. The highest BCUT2D eigenvalue weighted by molar-refractivity contribution is 6.10. The zero-order valence-electron chi connectivity index (χ0n) is 52.7. The van der Waals surface area contributed by atoms with Crippen LogP contribution in [0.3, 0.4) is 0 Å². The molecule has 0 fully saturated rings. The lowest BCUT2D eigenvalue weighted by molar-refractivity contribution is 0.660. The number of anilines is 3. The molecule has 1 aliphatic rings. The van der Waals surface area contributed by atoms with Gasteiger partial charge in [-0.15, -0.1) is 0 Å². The minimum Gasteiger partial charge on any atom is -0.310 e. The van der Waals surface area contributed by atoms with Gasteiger partial charge in [-0.2, -0.15) is 0 Å². The Kier molecular flexibility index (Phi) is 3.41. The number of aromatic nitrogens is 1. The van der Waals surface area contributed by atoms with Crippen molar-refractivity contribution in [3.05, 3.63) is 205 Å². The third kappa shape index (κ3) is 5.02. The zero-order chi connectivity index (χ0) is 57.2. The van der Waals surface area contributed by atoms with Gasteiger partial charge in [0.15, 0.2) is 0 Å². The highest BCUT2D eigenvalue weighted by atomic mass is 15.1. The first-order valence-electron chi connectivity index (χ1n) is 28.9. The number of nitrogens with zero attached hydrogens (tertiary/aromatic N) is 2. The Bertz CT molecular complexity index is 4130. The monoisotopic (exact) mass is 703 g/mol. The van der Waals surface area contributed by atoms with E-state index in [-0.39, 0.29) is 17.1 Å². The van der Waals surface area contributed by atoms with Crippen molar-refractivity contribution in [2.24, 2.45) is 0 Å². The molecule has 2 nitrogen and oxygen atoms in total. The molecule has 0 radical (unpaired) electrons. The van der Waals surface area contributed by atoms with Crippen LogP contribution in [0.1, 0.15) is 59.2 Å². The Labute approximate surface area is 346 Å². The van der Waals surface area contributed by atoms with Gasteiger partial charge in [-0.25, -0.2) is 0 Å². The summed E-state index contributed by atoms with van der Waals surface area (Å²) < 4.78 is 231. The molecular formula is C51H38N2. The molecule has 2 heteroatoms. The molecule has 0 saturated heterocycles. The molecule has 0 bridgehead atoms. The van der Waals surface area contributed by atoms with Crippen LogP contribution < -0.4 is 4.90 Å². The van der Waals surface area contributed by atoms with Gasteiger partial charge in [-0.05, 0) is 99.5 Å². The molecule has 1 heterocycles. The van der Waals surface area contributed by atoms with Crippen LogP contribution in [0.4, 0.5) is 17.1 Å². The minimum atomic E-state index is -3.36. The third-order valence-corrected chi connectivity index (χ3v) is 9.24. The number of benzene rings is 8. The fourth-order valence-electron chi connectivity index (χ4n) is 6.81. The number of hydrogen-bond donors (Lipinski definition) is 0. The van der Waals surface area contributed by atoms with E-state index in [4.69, 9.17) is 19.2 Å². The molecule has 9 aromatic rings. The maximum Gasteiger partial charge on any atom is 0.0648 e. The quantitative estimate of drug-likeness (QED) is 0.167. The van der Waals surface area contributed by atoms with E-state index in [0.29, 0.717) is 26.9 Å². The van der Waals surface area contributed by atoms with E-state index in [0.717, 1.165) is 6.92 Å². The van der Waals surface area contributed by atoms with Crippen LogP contribution in [0.2, 0.25) is 0 Å². The van der Waals surface area contributed by atoms with Crippen molar-refractivity contribution in [2.75, 3.05) is 4.90 Å². The van der Waals surface area contributed by atoms with Crippen LogP contribution in [0, 0.1) is 0 Å². The van der Waals surface area contributed by atoms with Gasteiger partial charge in [-0.1, -0.05) is 147 Å². The van der Waals surface area contributed by atoms with Gasteiger partial charge in [0.05, 0.1) is 46.9 Å². The van der Waals surface area contributed by atoms with Crippen LogP contribution in [0.15, 0.2) is 194 Å². The number of hydrogen-bond acceptors (Lipinski definition) is 1. The summed E-state index contributed by atoms with van der Waals surface area (Å²) in [6, 6.07) is -3.83. The molecule has 8 aromatic carbocycles. The van der Waals surface area contributed by atoms with Crippen molar-refractivity contribution in [3.63, 3.8) is 0 Å². The Hall–Kier alpha value is -6.64. The fourth-order valence-corrected chi connectivity index (χ4v) is 6.81. The van der Waals surface area contributed by atoms with Crippen LogP contribution >= 0.6 is 0 Å². The lowest BCUT2D eigenvalue weighted by Gasteiger charge is -2.30. The summed E-state index contributed by atoms with van der Waals surface area (Å²) in [6.07, 6.45) is 0. The van der Waals surface area contributed by atoms with Gasteiger partial charge in [0.25, 0.3) is 0 Å². The predicted molar refractivity (Wildman–Crippen MR) is 224 cm³/mol. The molecule has 1 atom stereocenters. The average molecular weight is 704 g/mol. The Morgan fingerprint density at radius 2 is 1.21 bits per heavy atom. The first-order valence-corrected chi connectivity index (χ1v) is 16.4. The van der Waals surface area contributed by atoms with Crippen molar-refractivity contribution >= 4 is 38.9 Å². The molecule has 0 saturated carbocycles. The van der Waals surface area contributed by atoms with E-state index >= 15 is 0 Å². The maximum absolute atomic E-state index is 10.1. The third-order valence-electron chi connectivity index (χ3n) is 9.24. The van der Waals surface area contributed by atoms with E-state index in [1.807, 2.05) is 0 Å². The van der Waals surface area contributed by atoms with E-state index in [2.05, 4.69) is 0 Å². The van der Waals surface area contributed by atoms with E-state index in [1.54, 1.807) is 59.2 Å². The van der Waals surface area contributed by atoms with Crippen LogP contribution in [-0.4, -0.2) is 4.57 Å². The van der Waals surface area contributed by atoms with Crippen molar-refractivity contribution < 1.29 is 34.3 Å². The second-order valence-electron chi connectivity index (χ2n) is 12.4. The summed E-state index contributed by atoms with van der Waals surface area (Å²) in [5.74, 6) is 0. The molecule has 1 aliphatic carbocycles. The van der Waals surface area contributed by atoms with Crippen molar-refractivity contribution in [1.82, 2.24) is 4.57 Å². The van der Waals surface area contributed by atoms with E-state index < -0.39 is 195 Å². The molecule has 1 aromatic heterocycles. The topological polar surface area (TPSA) is 8.17 Å². The summed E-state index contributed by atoms with van der Waals surface area (Å²) >= 11 is 0. The van der Waals surface area contributed by atoms with Crippen molar-refractivity contribution in [3.8, 4) is 39.1 Å². The number of fused-ring (bicyclic) bond motifs is 6. The van der Waals surface area contributed by atoms with Crippen molar-refractivity contribution in [1.29, 1.82) is 0 Å². The lowest BCUT2D eigenvalue weighted by Crippen LogP contribution is -2.16. The number of rotatable bonds is 6. The van der Waals surface area contributed by atoms with Gasteiger partial charge in [0, 0.05) is 42.9 Å². The van der Waals surface area contributed by atoms with Crippen LogP contribution in [-0.2, 0) is 5.41 Å². The van der Waals surface area contributed by atoms with Crippen LogP contribution in [0.5, 0.6) is 0 Å². The average Bonchev–Trinajstić information content (AvgIpc) is 4.09. The van der Waals surface area contributed by atoms with Gasteiger partial charge in [0.2, 0.25) is 0 Å².